The molecule has 63 heavy (non-hydrogen) atoms. The summed E-state index contributed by atoms with van der Waals surface area (Å²) in [5.41, 5.74) is 0. The van der Waals surface area contributed by atoms with Crippen molar-refractivity contribution in [2.45, 2.75) is 258 Å². The molecule has 1 atom stereocenters. The van der Waals surface area contributed by atoms with E-state index in [-0.39, 0.29) is 31.1 Å². The summed E-state index contributed by atoms with van der Waals surface area (Å²) < 4.78 is 16.8. The van der Waals surface area contributed by atoms with E-state index >= 15 is 0 Å². The highest BCUT2D eigenvalue weighted by atomic mass is 16.6. The summed E-state index contributed by atoms with van der Waals surface area (Å²) in [4.78, 5) is 38.0. The maximum Gasteiger partial charge on any atom is 0.306 e. The largest absolute Gasteiger partial charge is 0.462 e. The minimum Gasteiger partial charge on any atom is -0.462 e. The molecular formula is C57H98O6. The molecule has 0 aliphatic heterocycles. The Kier molecular flexibility index (Phi) is 48.9. The summed E-state index contributed by atoms with van der Waals surface area (Å²) in [5.74, 6) is -0.948. The van der Waals surface area contributed by atoms with Crippen molar-refractivity contribution in [3.05, 3.63) is 72.9 Å². The van der Waals surface area contributed by atoms with E-state index in [0.29, 0.717) is 19.3 Å². The molecule has 0 amide bonds. The highest BCUT2D eigenvalue weighted by Crippen LogP contribution is 2.13. The van der Waals surface area contributed by atoms with Gasteiger partial charge in [-0.25, -0.2) is 0 Å². The fraction of sp³-hybridized carbons (Fsp3) is 0.737. The molecule has 0 aliphatic rings. The van der Waals surface area contributed by atoms with E-state index in [4.69, 9.17) is 14.2 Å². The van der Waals surface area contributed by atoms with E-state index in [2.05, 4.69) is 93.7 Å². The Bertz CT molecular complexity index is 1190. The van der Waals surface area contributed by atoms with Crippen molar-refractivity contribution in [2.24, 2.45) is 0 Å². The Balaban J connectivity index is 4.44. The van der Waals surface area contributed by atoms with E-state index < -0.39 is 6.10 Å². The topological polar surface area (TPSA) is 78.9 Å². The summed E-state index contributed by atoms with van der Waals surface area (Å²) in [6.07, 6.45) is 64.6. The molecular weight excluding hydrogens is 781 g/mol. The van der Waals surface area contributed by atoms with Crippen LogP contribution >= 0.6 is 0 Å². The molecule has 0 saturated carbocycles. The van der Waals surface area contributed by atoms with Gasteiger partial charge >= 0.3 is 17.9 Å². The predicted octanol–water partition coefficient (Wildman–Crippen LogP) is 17.4. The molecule has 0 bridgehead atoms. The third-order valence-corrected chi connectivity index (χ3v) is 11.2. The van der Waals surface area contributed by atoms with Gasteiger partial charge in [0, 0.05) is 19.3 Å². The van der Waals surface area contributed by atoms with Crippen LogP contribution in [-0.4, -0.2) is 37.2 Å². The first-order valence-electron chi connectivity index (χ1n) is 26.5. The smallest absolute Gasteiger partial charge is 0.306 e. The lowest BCUT2D eigenvalue weighted by atomic mass is 10.1. The summed E-state index contributed by atoms with van der Waals surface area (Å²) in [6, 6.07) is 0. The molecule has 0 fully saturated rings. The van der Waals surface area contributed by atoms with Gasteiger partial charge in [-0.3, -0.25) is 14.4 Å². The van der Waals surface area contributed by atoms with Gasteiger partial charge in [-0.15, -0.1) is 0 Å². The second-order valence-electron chi connectivity index (χ2n) is 17.4. The predicted molar refractivity (Wildman–Crippen MR) is 270 cm³/mol. The second kappa shape index (κ2) is 51.5. The number of hydrogen-bond acceptors (Lipinski definition) is 6. The molecule has 0 radical (unpaired) electrons. The molecule has 362 valence electrons. The van der Waals surface area contributed by atoms with Gasteiger partial charge in [0.25, 0.3) is 0 Å². The molecule has 1 unspecified atom stereocenters. The van der Waals surface area contributed by atoms with Crippen LogP contribution in [0, 0.1) is 0 Å². The van der Waals surface area contributed by atoms with Gasteiger partial charge in [-0.1, -0.05) is 203 Å². The lowest BCUT2D eigenvalue weighted by Crippen LogP contribution is -2.30. The van der Waals surface area contributed by atoms with Crippen LogP contribution in [0.15, 0.2) is 72.9 Å². The summed E-state index contributed by atoms with van der Waals surface area (Å²) in [7, 11) is 0. The molecule has 0 saturated heterocycles. The Labute approximate surface area is 389 Å². The standard InChI is InChI=1S/C57H98O6/c1-4-7-10-13-16-19-22-25-27-28-29-30-33-35-38-41-44-47-50-56(59)62-53-54(52-61-55(58)49-46-43-40-37-34-31-24-21-18-15-12-9-6-3)63-57(60)51-48-45-42-39-36-32-26-23-20-17-14-11-8-5-2/h8,11,17,20,26-32,34,54H,4-7,9-10,12-16,18-19,21-25,33,35-53H2,1-3H3/b11-8-,20-17-,28-27-,30-29-,32-26-,34-31-. The molecule has 0 aromatic carbocycles. The normalized spacial score (nSPS) is 12.6. The van der Waals surface area contributed by atoms with Crippen LogP contribution in [0.4, 0.5) is 0 Å². The van der Waals surface area contributed by atoms with Crippen LogP contribution < -0.4 is 0 Å². The molecule has 0 N–H and O–H groups in total. The summed E-state index contributed by atoms with van der Waals surface area (Å²) in [6.45, 7) is 6.47. The first-order chi connectivity index (χ1) is 31.0. The van der Waals surface area contributed by atoms with Crippen molar-refractivity contribution >= 4 is 17.9 Å². The highest BCUT2D eigenvalue weighted by Gasteiger charge is 2.19. The van der Waals surface area contributed by atoms with Gasteiger partial charge in [0.1, 0.15) is 13.2 Å². The summed E-state index contributed by atoms with van der Waals surface area (Å²) in [5, 5.41) is 0. The molecule has 0 aromatic rings. The molecule has 0 aliphatic carbocycles. The average molecular weight is 879 g/mol. The maximum absolute atomic E-state index is 12.8. The second-order valence-corrected chi connectivity index (χ2v) is 17.4. The van der Waals surface area contributed by atoms with Gasteiger partial charge < -0.3 is 14.2 Å². The number of hydrogen-bond donors (Lipinski definition) is 0. The van der Waals surface area contributed by atoms with E-state index in [1.54, 1.807) is 0 Å². The quantitative estimate of drug-likeness (QED) is 0.0199. The molecule has 6 heteroatoms. The Morgan fingerprint density at radius 3 is 1.10 bits per heavy atom. The van der Waals surface area contributed by atoms with Crippen molar-refractivity contribution in [1.82, 2.24) is 0 Å². The van der Waals surface area contributed by atoms with E-state index in [1.165, 1.54) is 89.9 Å². The summed E-state index contributed by atoms with van der Waals surface area (Å²) >= 11 is 0. The number of ether oxygens (including phenoxy) is 3. The average Bonchev–Trinajstić information content (AvgIpc) is 3.28. The van der Waals surface area contributed by atoms with Crippen LogP contribution in [0.2, 0.25) is 0 Å². The van der Waals surface area contributed by atoms with E-state index in [1.807, 2.05) is 0 Å². The van der Waals surface area contributed by atoms with Crippen molar-refractivity contribution in [2.75, 3.05) is 13.2 Å². The number of unbranched alkanes of at least 4 members (excludes halogenated alkanes) is 25. The van der Waals surface area contributed by atoms with E-state index in [9.17, 15) is 14.4 Å². The van der Waals surface area contributed by atoms with Gasteiger partial charge in [0.2, 0.25) is 0 Å². The van der Waals surface area contributed by atoms with Gasteiger partial charge in [-0.05, 0) is 103 Å². The first-order valence-corrected chi connectivity index (χ1v) is 26.5. The zero-order chi connectivity index (χ0) is 45.8. The van der Waals surface area contributed by atoms with Crippen LogP contribution in [0.3, 0.4) is 0 Å². The zero-order valence-corrected chi connectivity index (χ0v) is 41.3. The van der Waals surface area contributed by atoms with Crippen LogP contribution in [0.25, 0.3) is 0 Å². The van der Waals surface area contributed by atoms with Crippen LogP contribution in [0.1, 0.15) is 252 Å². The first kappa shape index (κ1) is 59.9. The number of carbonyl (C=O) groups excluding carboxylic acids is 3. The van der Waals surface area contributed by atoms with Crippen LogP contribution in [-0.2, 0) is 28.6 Å². The van der Waals surface area contributed by atoms with Crippen LogP contribution in [0.5, 0.6) is 0 Å². The van der Waals surface area contributed by atoms with Crippen molar-refractivity contribution in [3.63, 3.8) is 0 Å². The zero-order valence-electron chi connectivity index (χ0n) is 41.3. The van der Waals surface area contributed by atoms with Gasteiger partial charge in [-0.2, -0.15) is 0 Å². The van der Waals surface area contributed by atoms with Gasteiger partial charge in [0.05, 0.1) is 0 Å². The SMILES string of the molecule is CC/C=C\C/C=C\C/C=C\CCCCCCC(=O)OC(COC(=O)CCCCC/C=C\CCCCCCCC)COC(=O)CCCCCCC/C=C\C=C/CCCCCCCCC. The lowest BCUT2D eigenvalue weighted by molar-refractivity contribution is -0.167. The van der Waals surface area contributed by atoms with Gasteiger partial charge in [0.15, 0.2) is 6.10 Å². The maximum atomic E-state index is 12.8. The Morgan fingerprint density at radius 2 is 0.667 bits per heavy atom. The number of carbonyl (C=O) groups is 3. The monoisotopic (exact) mass is 879 g/mol. The molecule has 0 heterocycles. The number of esters is 3. The van der Waals surface area contributed by atoms with Crippen molar-refractivity contribution in [3.8, 4) is 0 Å². The minimum absolute atomic E-state index is 0.0975. The lowest BCUT2D eigenvalue weighted by Gasteiger charge is -2.18. The highest BCUT2D eigenvalue weighted by molar-refractivity contribution is 5.71. The minimum atomic E-state index is -0.799. The fourth-order valence-corrected chi connectivity index (χ4v) is 7.21. The molecule has 6 nitrogen and oxygen atoms in total. The number of rotatable bonds is 47. The molecule has 0 spiro atoms. The Hall–Kier alpha value is -3.15. The number of allylic oxidation sites excluding steroid dienone is 12. The van der Waals surface area contributed by atoms with E-state index in [0.717, 1.165) is 122 Å². The fourth-order valence-electron chi connectivity index (χ4n) is 7.21. The Morgan fingerprint density at radius 1 is 0.349 bits per heavy atom. The molecule has 0 aromatic heterocycles. The third kappa shape index (κ3) is 49.7. The van der Waals surface area contributed by atoms with Crippen molar-refractivity contribution < 1.29 is 28.6 Å². The van der Waals surface area contributed by atoms with Crippen molar-refractivity contribution in [1.29, 1.82) is 0 Å². The third-order valence-electron chi connectivity index (χ3n) is 11.2. The molecule has 0 rings (SSSR count).